The molecule has 14 heteroatoms. The van der Waals surface area contributed by atoms with E-state index in [9.17, 15) is 14.7 Å². The summed E-state index contributed by atoms with van der Waals surface area (Å²) >= 11 is 1.46. The molecule has 2 aromatic carbocycles. The Morgan fingerprint density at radius 1 is 0.952 bits per heavy atom. The molecule has 0 radical (unpaired) electrons. The minimum atomic E-state index is -1.08. The van der Waals surface area contributed by atoms with Gasteiger partial charge in [-0.2, -0.15) is 5.10 Å². The van der Waals surface area contributed by atoms with E-state index in [1.54, 1.807) is 6.07 Å². The van der Waals surface area contributed by atoms with Gasteiger partial charge in [-0.1, -0.05) is 55.5 Å². The third-order valence-electron chi connectivity index (χ3n) is 14.4. The number of nitrogens with zero attached hydrogens (tertiary/aromatic N) is 5. The number of amides is 1. The number of aromatic carboxylic acids is 1. The molecule has 5 heterocycles. The Bertz CT molecular complexity index is 2520. The van der Waals surface area contributed by atoms with Crippen LogP contribution in [0.3, 0.4) is 0 Å². The number of aromatic nitrogens is 4. The normalized spacial score (nSPS) is 27.5. The van der Waals surface area contributed by atoms with Gasteiger partial charge in [-0.25, -0.2) is 14.8 Å². The molecule has 4 bridgehead atoms. The predicted molar refractivity (Wildman–Crippen MR) is 243 cm³/mol. The van der Waals surface area contributed by atoms with E-state index in [1.807, 2.05) is 56.3 Å². The number of carbonyl (C=O) groups excluding carboxylic acids is 1. The zero-order valence-electron chi connectivity index (χ0n) is 37.1. The molecule has 3 N–H and O–H groups in total. The molecule has 13 nitrogen and oxygen atoms in total. The van der Waals surface area contributed by atoms with Crippen molar-refractivity contribution in [3.8, 4) is 11.1 Å². The number of carbonyl (C=O) groups is 2. The lowest BCUT2D eigenvalue weighted by Gasteiger charge is -2.69. The van der Waals surface area contributed by atoms with E-state index in [0.717, 1.165) is 77.8 Å². The molecule has 2 atom stereocenters. The van der Waals surface area contributed by atoms with Crippen molar-refractivity contribution in [1.82, 2.24) is 25.1 Å². The first-order valence-electron chi connectivity index (χ1n) is 22.5. The van der Waals surface area contributed by atoms with Crippen LogP contribution < -0.4 is 15.5 Å². The van der Waals surface area contributed by atoms with Gasteiger partial charge in [0.25, 0.3) is 5.91 Å². The van der Waals surface area contributed by atoms with Gasteiger partial charge in [0.05, 0.1) is 35.6 Å². The van der Waals surface area contributed by atoms with Crippen molar-refractivity contribution in [2.75, 3.05) is 49.7 Å². The molecule has 0 spiro atoms. The largest absolute Gasteiger partial charge is 0.476 e. The summed E-state index contributed by atoms with van der Waals surface area (Å²) in [6.45, 7) is 16.4. The lowest BCUT2D eigenvalue weighted by atomic mass is 9.39. The number of benzene rings is 2. The molecule has 6 aliphatic rings. The van der Waals surface area contributed by atoms with Gasteiger partial charge in [0.2, 0.25) is 0 Å². The first-order chi connectivity index (χ1) is 30.1. The van der Waals surface area contributed by atoms with Gasteiger partial charge < -0.3 is 29.5 Å². The molecule has 63 heavy (non-hydrogen) atoms. The lowest BCUT2D eigenvalue weighted by molar-refractivity contribution is -0.261. The summed E-state index contributed by atoms with van der Waals surface area (Å²) in [4.78, 5) is 38.0. The first-order valence-corrected chi connectivity index (χ1v) is 23.3. The van der Waals surface area contributed by atoms with Crippen molar-refractivity contribution in [2.45, 2.75) is 104 Å². The maximum Gasteiger partial charge on any atom is 0.355 e. The van der Waals surface area contributed by atoms with Gasteiger partial charge >= 0.3 is 5.97 Å². The third kappa shape index (κ3) is 8.18. The van der Waals surface area contributed by atoms with Crippen molar-refractivity contribution >= 4 is 44.4 Å². The number of ether oxygens (including phenoxy) is 3. The van der Waals surface area contributed by atoms with Crippen LogP contribution in [0, 0.1) is 29.1 Å². The van der Waals surface area contributed by atoms with E-state index in [0.29, 0.717) is 73.9 Å². The number of fused-ring (bicyclic) bond motifs is 2. The number of anilines is 2. The van der Waals surface area contributed by atoms with E-state index in [-0.39, 0.29) is 33.4 Å². The van der Waals surface area contributed by atoms with Crippen LogP contribution in [-0.2, 0) is 33.7 Å². The molecule has 4 saturated carbocycles. The summed E-state index contributed by atoms with van der Waals surface area (Å²) in [6.07, 6.45) is 8.71. The highest BCUT2D eigenvalue weighted by Gasteiger charge is 2.66. The van der Waals surface area contributed by atoms with Crippen LogP contribution in [0.1, 0.15) is 104 Å². The number of para-hydroxylation sites is 1. The molecule has 2 aliphatic heterocycles. The standard InChI is InChI=1S/C49H59N7O6S/c1-31-39(35-12-9-16-51-40(35)43(58)59)41(55-18-15-33-10-8-11-34(36(33)21-55)42(57)53-44-52-37-13-6-7-14-38(37)63-44)54-56(31)30-48-25-46(4)24-47(5,26-48)28-49(27-46,29-48)60-19-17-50-20-32-22-61-45(2,3)62-23-32/h6-14,16,32,50H,15,17-30H2,1-5H3,(H,58,59)(H,52,53,57). The van der Waals surface area contributed by atoms with Crippen LogP contribution in [0.4, 0.5) is 10.9 Å². The average molecular weight is 874 g/mol. The fourth-order valence-electron chi connectivity index (χ4n) is 13.0. The van der Waals surface area contributed by atoms with Crippen molar-refractivity contribution in [3.63, 3.8) is 0 Å². The maximum absolute atomic E-state index is 14.0. The molecular weight excluding hydrogens is 815 g/mol. The minimum Gasteiger partial charge on any atom is -0.476 e. The summed E-state index contributed by atoms with van der Waals surface area (Å²) in [7, 11) is 0. The monoisotopic (exact) mass is 873 g/mol. The first kappa shape index (κ1) is 42.2. The Morgan fingerprint density at radius 3 is 2.49 bits per heavy atom. The quantitative estimate of drug-likeness (QED) is 0.0977. The van der Waals surface area contributed by atoms with Crippen molar-refractivity contribution in [1.29, 1.82) is 0 Å². The Morgan fingerprint density at radius 2 is 1.73 bits per heavy atom. The van der Waals surface area contributed by atoms with Gasteiger partial charge in [-0.05, 0) is 117 Å². The van der Waals surface area contributed by atoms with Gasteiger partial charge in [0.15, 0.2) is 22.4 Å². The number of pyridine rings is 1. The predicted octanol–water partition coefficient (Wildman–Crippen LogP) is 8.50. The summed E-state index contributed by atoms with van der Waals surface area (Å²) in [6, 6.07) is 17.4. The van der Waals surface area contributed by atoms with Crippen LogP contribution in [0.25, 0.3) is 21.3 Å². The van der Waals surface area contributed by atoms with E-state index >= 15 is 0 Å². The fourth-order valence-corrected chi connectivity index (χ4v) is 13.9. The zero-order chi connectivity index (χ0) is 43.8. The Balaban J connectivity index is 0.933. The number of hydrogen-bond donors (Lipinski definition) is 3. The summed E-state index contributed by atoms with van der Waals surface area (Å²) in [5, 5.41) is 23.1. The number of thiazole rings is 1. The SMILES string of the molecule is Cc1c(-c2cccnc2C(=O)O)c(N2CCc3cccc(C(=O)Nc4nc5ccccc5s4)c3C2)nn1CC12CC3(C)CC(C)(C1)CC(OCCNCC1COC(C)(C)OC1)(C3)C2. The zero-order valence-corrected chi connectivity index (χ0v) is 37.9. The van der Waals surface area contributed by atoms with E-state index < -0.39 is 11.8 Å². The molecule has 3 aromatic heterocycles. The third-order valence-corrected chi connectivity index (χ3v) is 15.3. The highest BCUT2D eigenvalue weighted by atomic mass is 32.1. The topological polar surface area (TPSA) is 153 Å². The Labute approximate surface area is 372 Å². The number of rotatable bonds is 13. The number of carboxylic acids is 1. The molecule has 1 saturated heterocycles. The van der Waals surface area contributed by atoms with Gasteiger partial charge in [0, 0.05) is 67.2 Å². The number of nitrogens with one attached hydrogen (secondary N) is 2. The van der Waals surface area contributed by atoms with Crippen LogP contribution in [-0.4, -0.2) is 87.6 Å². The maximum atomic E-state index is 14.0. The van der Waals surface area contributed by atoms with Crippen LogP contribution >= 0.6 is 11.3 Å². The summed E-state index contributed by atoms with van der Waals surface area (Å²) in [5.41, 5.74) is 5.75. The number of hydrogen-bond acceptors (Lipinski definition) is 11. The lowest BCUT2D eigenvalue weighted by Crippen LogP contribution is -2.64. The van der Waals surface area contributed by atoms with Crippen LogP contribution in [0.5, 0.6) is 0 Å². The summed E-state index contributed by atoms with van der Waals surface area (Å²) < 4.78 is 22.0. The molecule has 1 amide bonds. The molecule has 332 valence electrons. The van der Waals surface area contributed by atoms with E-state index in [2.05, 4.69) is 57.0 Å². The molecule has 11 rings (SSSR count). The highest BCUT2D eigenvalue weighted by Crippen LogP contribution is 2.72. The summed E-state index contributed by atoms with van der Waals surface area (Å²) in [5.74, 6) is -0.766. The van der Waals surface area contributed by atoms with Crippen molar-refractivity contribution in [3.05, 3.63) is 88.9 Å². The van der Waals surface area contributed by atoms with Gasteiger partial charge in [-0.15, -0.1) is 0 Å². The molecule has 2 unspecified atom stereocenters. The van der Waals surface area contributed by atoms with Crippen LogP contribution in [0.15, 0.2) is 60.8 Å². The minimum absolute atomic E-state index is 0.00197. The molecule has 5 fully saturated rings. The molecular formula is C49H59N7O6S. The highest BCUT2D eigenvalue weighted by molar-refractivity contribution is 7.22. The van der Waals surface area contributed by atoms with Gasteiger partial charge in [-0.3, -0.25) is 14.8 Å². The molecule has 4 aliphatic carbocycles. The molecule has 5 aromatic rings. The second kappa shape index (κ2) is 15.8. The second-order valence-electron chi connectivity index (χ2n) is 20.5. The van der Waals surface area contributed by atoms with Gasteiger partial charge in [0.1, 0.15) is 0 Å². The van der Waals surface area contributed by atoms with E-state index in [1.165, 1.54) is 24.0 Å². The average Bonchev–Trinajstić information content (AvgIpc) is 3.78. The Hall–Kier alpha value is -4.73. The number of carboxylic acid groups (broad SMARTS) is 1. The fraction of sp³-hybridized carbons (Fsp3) is 0.531. The van der Waals surface area contributed by atoms with Crippen molar-refractivity contribution < 1.29 is 28.9 Å². The Kier molecular flexibility index (Phi) is 10.6. The van der Waals surface area contributed by atoms with Crippen molar-refractivity contribution in [2.24, 2.45) is 22.2 Å². The van der Waals surface area contributed by atoms with Crippen LogP contribution in [0.2, 0.25) is 0 Å². The second-order valence-corrected chi connectivity index (χ2v) is 21.5. The van der Waals surface area contributed by atoms with E-state index in [4.69, 9.17) is 19.3 Å². The smallest absolute Gasteiger partial charge is 0.355 e.